The number of halogens is 2. The summed E-state index contributed by atoms with van der Waals surface area (Å²) in [5.41, 5.74) is 1.44. The van der Waals surface area contributed by atoms with Gasteiger partial charge in [-0.1, -0.05) is 23.2 Å². The maximum absolute atomic E-state index is 12.5. The van der Waals surface area contributed by atoms with Crippen LogP contribution in [0, 0.1) is 6.92 Å². The van der Waals surface area contributed by atoms with Crippen molar-refractivity contribution in [3.05, 3.63) is 62.6 Å². The van der Waals surface area contributed by atoms with Gasteiger partial charge >= 0.3 is 0 Å². The van der Waals surface area contributed by atoms with E-state index in [0.717, 1.165) is 5.56 Å². The maximum atomic E-state index is 12.5. The average molecular weight is 392 g/mol. The lowest BCUT2D eigenvalue weighted by Gasteiger charge is -2.13. The van der Waals surface area contributed by atoms with E-state index in [1.807, 2.05) is 6.92 Å². The molecule has 0 bridgehead atoms. The normalized spacial score (nSPS) is 10.8. The van der Waals surface area contributed by atoms with Crippen molar-refractivity contribution in [2.24, 2.45) is 0 Å². The molecule has 0 fully saturated rings. The predicted molar refractivity (Wildman–Crippen MR) is 102 cm³/mol. The van der Waals surface area contributed by atoms with Crippen molar-refractivity contribution in [1.29, 1.82) is 0 Å². The van der Waals surface area contributed by atoms with E-state index >= 15 is 0 Å². The number of fused-ring (bicyclic) bond motifs is 1. The summed E-state index contributed by atoms with van der Waals surface area (Å²) in [6.45, 7) is 1.63. The molecule has 0 radical (unpaired) electrons. The predicted octanol–water partition coefficient (Wildman–Crippen LogP) is 3.66. The molecule has 26 heavy (non-hydrogen) atoms. The molecule has 2 aromatic carbocycles. The molecule has 134 valence electrons. The lowest BCUT2D eigenvalue weighted by Crippen LogP contribution is -2.28. The molecule has 8 heteroatoms. The first-order chi connectivity index (χ1) is 12.4. The van der Waals surface area contributed by atoms with Crippen LogP contribution in [0.1, 0.15) is 5.56 Å². The summed E-state index contributed by atoms with van der Waals surface area (Å²) in [4.78, 5) is 29.1. The van der Waals surface area contributed by atoms with Gasteiger partial charge < -0.3 is 10.1 Å². The highest BCUT2D eigenvalue weighted by Gasteiger charge is 2.12. The third kappa shape index (κ3) is 3.66. The minimum Gasteiger partial charge on any atom is -0.495 e. The van der Waals surface area contributed by atoms with Crippen molar-refractivity contribution in [1.82, 2.24) is 9.55 Å². The summed E-state index contributed by atoms with van der Waals surface area (Å²) in [6.07, 6.45) is 1.32. The van der Waals surface area contributed by atoms with Crippen molar-refractivity contribution in [3.8, 4) is 5.75 Å². The average Bonchev–Trinajstić information content (AvgIpc) is 2.60. The van der Waals surface area contributed by atoms with E-state index in [1.54, 1.807) is 30.3 Å². The van der Waals surface area contributed by atoms with Crippen LogP contribution in [0.4, 0.5) is 5.69 Å². The fourth-order valence-electron chi connectivity index (χ4n) is 2.52. The Morgan fingerprint density at radius 1 is 1.27 bits per heavy atom. The molecule has 0 atom stereocenters. The second-order valence-corrected chi connectivity index (χ2v) is 6.53. The molecule has 3 rings (SSSR count). The van der Waals surface area contributed by atoms with Crippen LogP contribution < -0.4 is 15.6 Å². The van der Waals surface area contributed by atoms with Crippen LogP contribution in [0.5, 0.6) is 5.75 Å². The summed E-state index contributed by atoms with van der Waals surface area (Å²) < 4.78 is 6.47. The van der Waals surface area contributed by atoms with E-state index in [9.17, 15) is 9.59 Å². The Bertz CT molecular complexity index is 1060. The number of benzene rings is 2. The molecule has 3 aromatic rings. The largest absolute Gasteiger partial charge is 0.495 e. The number of amides is 1. The highest BCUT2D eigenvalue weighted by molar-refractivity contribution is 6.31. The number of carbonyl (C=O) groups is 1. The second-order valence-electron chi connectivity index (χ2n) is 5.69. The molecular formula is C18H15Cl2N3O3. The van der Waals surface area contributed by atoms with E-state index in [4.69, 9.17) is 27.9 Å². The zero-order valence-electron chi connectivity index (χ0n) is 14.0. The monoisotopic (exact) mass is 391 g/mol. The summed E-state index contributed by atoms with van der Waals surface area (Å²) in [5.74, 6) is 0.0508. The van der Waals surface area contributed by atoms with E-state index in [-0.39, 0.29) is 18.0 Å². The molecule has 0 aliphatic rings. The maximum Gasteiger partial charge on any atom is 0.261 e. The number of methoxy groups -OCH3 is 1. The number of carbonyl (C=O) groups excluding carboxylic acids is 1. The van der Waals surface area contributed by atoms with Gasteiger partial charge in [-0.2, -0.15) is 0 Å². The Balaban J connectivity index is 1.86. The topological polar surface area (TPSA) is 73.2 Å². The number of nitrogens with zero attached hydrogens (tertiary/aromatic N) is 2. The smallest absolute Gasteiger partial charge is 0.261 e. The fraction of sp³-hybridized carbons (Fsp3) is 0.167. The van der Waals surface area contributed by atoms with Gasteiger partial charge in [0.1, 0.15) is 12.3 Å². The van der Waals surface area contributed by atoms with Gasteiger partial charge in [0.25, 0.3) is 5.56 Å². The van der Waals surface area contributed by atoms with Crippen molar-refractivity contribution in [2.75, 3.05) is 12.4 Å². The van der Waals surface area contributed by atoms with Gasteiger partial charge in [-0.05, 0) is 36.8 Å². The van der Waals surface area contributed by atoms with Crippen LogP contribution in [0.25, 0.3) is 10.9 Å². The Labute approximate surface area is 159 Å². The summed E-state index contributed by atoms with van der Waals surface area (Å²) in [7, 11) is 1.49. The molecule has 1 aromatic heterocycles. The van der Waals surface area contributed by atoms with E-state index in [0.29, 0.717) is 32.4 Å². The van der Waals surface area contributed by atoms with E-state index in [2.05, 4.69) is 10.3 Å². The first-order valence-corrected chi connectivity index (χ1v) is 8.43. The number of rotatable bonds is 4. The number of ether oxygens (including phenoxy) is 1. The number of hydrogen-bond donors (Lipinski definition) is 1. The SMILES string of the molecule is COc1cc(Cl)c(C)cc1NC(=O)Cn1cnc2cc(Cl)ccc2c1=O. The van der Waals surface area contributed by atoms with Crippen LogP contribution >= 0.6 is 23.2 Å². The summed E-state index contributed by atoms with van der Waals surface area (Å²) in [5, 5.41) is 4.15. The molecular weight excluding hydrogens is 377 g/mol. The zero-order chi connectivity index (χ0) is 18.8. The number of anilines is 1. The zero-order valence-corrected chi connectivity index (χ0v) is 15.6. The van der Waals surface area contributed by atoms with Gasteiger partial charge in [-0.3, -0.25) is 14.2 Å². The Morgan fingerprint density at radius 2 is 2.04 bits per heavy atom. The van der Waals surface area contributed by atoms with Crippen molar-refractivity contribution in [3.63, 3.8) is 0 Å². The molecule has 0 aliphatic heterocycles. The van der Waals surface area contributed by atoms with Crippen LogP contribution in [-0.2, 0) is 11.3 Å². The summed E-state index contributed by atoms with van der Waals surface area (Å²) >= 11 is 12.0. The van der Waals surface area contributed by atoms with Crippen molar-refractivity contribution >= 4 is 45.7 Å². The Kier molecular flexibility index (Phi) is 5.15. The highest BCUT2D eigenvalue weighted by Crippen LogP contribution is 2.30. The van der Waals surface area contributed by atoms with Crippen LogP contribution in [0.2, 0.25) is 10.0 Å². The third-order valence-electron chi connectivity index (χ3n) is 3.86. The minimum atomic E-state index is -0.387. The van der Waals surface area contributed by atoms with Gasteiger partial charge in [0.05, 0.1) is 30.0 Å². The lowest BCUT2D eigenvalue weighted by atomic mass is 10.2. The molecule has 0 aliphatic carbocycles. The van der Waals surface area contributed by atoms with Crippen LogP contribution in [-0.4, -0.2) is 22.6 Å². The highest BCUT2D eigenvalue weighted by atomic mass is 35.5. The second kappa shape index (κ2) is 7.35. The molecule has 1 N–H and O–H groups in total. The lowest BCUT2D eigenvalue weighted by molar-refractivity contribution is -0.116. The van der Waals surface area contributed by atoms with Gasteiger partial charge in [0, 0.05) is 16.1 Å². The minimum absolute atomic E-state index is 0.185. The van der Waals surface area contributed by atoms with Gasteiger partial charge in [0.15, 0.2) is 0 Å². The first-order valence-electron chi connectivity index (χ1n) is 7.67. The summed E-state index contributed by atoms with van der Waals surface area (Å²) in [6, 6.07) is 8.14. The van der Waals surface area contributed by atoms with Gasteiger partial charge in [0.2, 0.25) is 5.91 Å². The molecule has 6 nitrogen and oxygen atoms in total. The molecule has 0 saturated heterocycles. The molecule has 1 amide bonds. The van der Waals surface area contributed by atoms with Crippen LogP contribution in [0.3, 0.4) is 0 Å². The number of hydrogen-bond acceptors (Lipinski definition) is 4. The van der Waals surface area contributed by atoms with Crippen LogP contribution in [0.15, 0.2) is 41.5 Å². The van der Waals surface area contributed by atoms with Gasteiger partial charge in [-0.15, -0.1) is 0 Å². The number of aryl methyl sites for hydroxylation is 1. The molecule has 0 spiro atoms. The van der Waals surface area contributed by atoms with Crippen molar-refractivity contribution < 1.29 is 9.53 Å². The Hall–Kier alpha value is -2.57. The van der Waals surface area contributed by atoms with E-state index < -0.39 is 0 Å². The quantitative estimate of drug-likeness (QED) is 0.736. The molecule has 0 saturated carbocycles. The standard InChI is InChI=1S/C18H15Cl2N3O3/c1-10-5-15(16(26-2)7-13(10)20)22-17(24)8-23-9-21-14-6-11(19)3-4-12(14)18(23)25/h3-7,9H,8H2,1-2H3,(H,22,24). The molecule has 0 unspecified atom stereocenters. The van der Waals surface area contributed by atoms with Gasteiger partial charge in [-0.25, -0.2) is 4.98 Å². The molecule has 1 heterocycles. The Morgan fingerprint density at radius 3 is 2.77 bits per heavy atom. The van der Waals surface area contributed by atoms with E-state index in [1.165, 1.54) is 18.0 Å². The number of nitrogens with one attached hydrogen (secondary N) is 1. The number of aromatic nitrogens is 2. The van der Waals surface area contributed by atoms with Crippen molar-refractivity contribution in [2.45, 2.75) is 13.5 Å². The third-order valence-corrected chi connectivity index (χ3v) is 4.50. The first kappa shape index (κ1) is 18.2. The fourth-order valence-corrected chi connectivity index (χ4v) is 2.84.